The molecule has 0 unspecified atom stereocenters. The van der Waals surface area contributed by atoms with Crippen LogP contribution in [0.5, 0.6) is 0 Å². The van der Waals surface area contributed by atoms with E-state index in [-0.39, 0.29) is 18.9 Å². The fraction of sp³-hybridized carbons (Fsp3) is 0.417. The van der Waals surface area contributed by atoms with Gasteiger partial charge in [0.2, 0.25) is 5.91 Å². The molecule has 20 heavy (non-hydrogen) atoms. The second-order valence-corrected chi connectivity index (χ2v) is 4.03. The monoisotopic (exact) mass is 277 g/mol. The van der Waals surface area contributed by atoms with E-state index in [0.717, 1.165) is 5.56 Å². The molecule has 0 aromatic carbocycles. The third-order valence-corrected chi connectivity index (χ3v) is 2.48. The highest BCUT2D eigenvalue weighted by molar-refractivity contribution is 5.83. The molecule has 0 aliphatic heterocycles. The second kappa shape index (κ2) is 7.75. The number of hydrogen-bond acceptors (Lipinski definition) is 5. The summed E-state index contributed by atoms with van der Waals surface area (Å²) in [6.45, 7) is 1.54. The SMILES string of the molecule is COC(=O)[C@H](Cc1ccc(CN=[N+]=[N-])cn1)NC(C)=O. The van der Waals surface area contributed by atoms with Gasteiger partial charge in [0.25, 0.3) is 0 Å². The summed E-state index contributed by atoms with van der Waals surface area (Å²) in [5, 5.41) is 5.93. The van der Waals surface area contributed by atoms with Gasteiger partial charge < -0.3 is 10.1 Å². The van der Waals surface area contributed by atoms with Crippen LogP contribution in [0.3, 0.4) is 0 Å². The average Bonchev–Trinajstić information content (AvgIpc) is 2.44. The van der Waals surface area contributed by atoms with Gasteiger partial charge in [0.15, 0.2) is 0 Å². The van der Waals surface area contributed by atoms with Crippen LogP contribution in [-0.4, -0.2) is 30.0 Å². The number of amides is 1. The molecular formula is C12H15N5O3. The van der Waals surface area contributed by atoms with Crippen molar-refractivity contribution in [2.24, 2.45) is 5.11 Å². The highest BCUT2D eigenvalue weighted by atomic mass is 16.5. The van der Waals surface area contributed by atoms with Crippen LogP contribution in [0.25, 0.3) is 10.4 Å². The van der Waals surface area contributed by atoms with Crippen molar-refractivity contribution in [3.05, 3.63) is 40.0 Å². The minimum atomic E-state index is -0.770. The largest absolute Gasteiger partial charge is 0.467 e. The van der Waals surface area contributed by atoms with Gasteiger partial charge in [-0.1, -0.05) is 11.2 Å². The molecule has 0 bridgehead atoms. The number of carbonyl (C=O) groups is 2. The van der Waals surface area contributed by atoms with E-state index in [1.165, 1.54) is 14.0 Å². The lowest BCUT2D eigenvalue weighted by molar-refractivity contribution is -0.144. The number of methoxy groups -OCH3 is 1. The zero-order valence-corrected chi connectivity index (χ0v) is 11.2. The topological polar surface area (TPSA) is 117 Å². The zero-order chi connectivity index (χ0) is 15.0. The molecule has 1 atom stereocenters. The van der Waals surface area contributed by atoms with Gasteiger partial charge >= 0.3 is 5.97 Å². The Morgan fingerprint density at radius 1 is 1.55 bits per heavy atom. The second-order valence-electron chi connectivity index (χ2n) is 4.03. The first-order chi connectivity index (χ1) is 9.56. The van der Waals surface area contributed by atoms with E-state index in [0.29, 0.717) is 5.69 Å². The average molecular weight is 277 g/mol. The van der Waals surface area contributed by atoms with Gasteiger partial charge in [-0.3, -0.25) is 9.78 Å². The Kier molecular flexibility index (Phi) is 5.99. The minimum absolute atomic E-state index is 0.218. The van der Waals surface area contributed by atoms with Crippen molar-refractivity contribution >= 4 is 11.9 Å². The summed E-state index contributed by atoms with van der Waals surface area (Å²) < 4.78 is 4.63. The van der Waals surface area contributed by atoms with Gasteiger partial charge in [-0.15, -0.1) is 0 Å². The lowest BCUT2D eigenvalue weighted by Crippen LogP contribution is -2.42. The number of esters is 1. The summed E-state index contributed by atoms with van der Waals surface area (Å²) in [7, 11) is 1.26. The number of hydrogen-bond donors (Lipinski definition) is 1. The van der Waals surface area contributed by atoms with Crippen molar-refractivity contribution in [2.75, 3.05) is 7.11 Å². The van der Waals surface area contributed by atoms with Crippen LogP contribution in [-0.2, 0) is 27.3 Å². The van der Waals surface area contributed by atoms with Gasteiger partial charge in [-0.05, 0) is 17.2 Å². The first-order valence-corrected chi connectivity index (χ1v) is 5.86. The highest BCUT2D eigenvalue weighted by Gasteiger charge is 2.20. The van der Waals surface area contributed by atoms with Crippen LogP contribution < -0.4 is 5.32 Å². The summed E-state index contributed by atoms with van der Waals surface area (Å²) in [5.41, 5.74) is 9.61. The maximum absolute atomic E-state index is 11.5. The quantitative estimate of drug-likeness (QED) is 0.362. The normalized spacial score (nSPS) is 11.1. The number of nitrogens with zero attached hydrogens (tertiary/aromatic N) is 4. The molecule has 8 nitrogen and oxygen atoms in total. The molecule has 1 N–H and O–H groups in total. The summed E-state index contributed by atoms with van der Waals surface area (Å²) in [6.07, 6.45) is 1.79. The third-order valence-electron chi connectivity index (χ3n) is 2.48. The molecule has 1 rings (SSSR count). The Morgan fingerprint density at radius 3 is 2.80 bits per heavy atom. The molecule has 0 aliphatic carbocycles. The van der Waals surface area contributed by atoms with E-state index in [1.54, 1.807) is 18.3 Å². The van der Waals surface area contributed by atoms with Gasteiger partial charge in [-0.2, -0.15) is 0 Å². The molecule has 1 amide bonds. The number of carbonyl (C=O) groups excluding carboxylic acids is 2. The van der Waals surface area contributed by atoms with Crippen LogP contribution in [0.4, 0.5) is 0 Å². The zero-order valence-electron chi connectivity index (χ0n) is 11.2. The van der Waals surface area contributed by atoms with Gasteiger partial charge in [0, 0.05) is 30.1 Å². The van der Waals surface area contributed by atoms with Gasteiger partial charge in [-0.25, -0.2) is 4.79 Å². The summed E-state index contributed by atoms with van der Waals surface area (Å²) in [6, 6.07) is 2.69. The predicted octanol–water partition coefficient (Wildman–Crippen LogP) is 1.11. The molecule has 0 aliphatic rings. The fourth-order valence-electron chi connectivity index (χ4n) is 1.57. The maximum Gasteiger partial charge on any atom is 0.328 e. The van der Waals surface area contributed by atoms with Crippen LogP contribution >= 0.6 is 0 Å². The van der Waals surface area contributed by atoms with Crippen LogP contribution in [0.15, 0.2) is 23.4 Å². The lowest BCUT2D eigenvalue weighted by atomic mass is 10.1. The van der Waals surface area contributed by atoms with Crippen LogP contribution in [0.1, 0.15) is 18.2 Å². The van der Waals surface area contributed by atoms with Gasteiger partial charge in [0.05, 0.1) is 13.7 Å². The summed E-state index contributed by atoms with van der Waals surface area (Å²) in [4.78, 5) is 29.4. The van der Waals surface area contributed by atoms with E-state index in [4.69, 9.17) is 5.53 Å². The predicted molar refractivity (Wildman–Crippen MR) is 70.4 cm³/mol. The standard InChI is InChI=1S/C12H15N5O3/c1-8(18)16-11(12(19)20-2)5-10-4-3-9(6-14-10)7-15-17-13/h3-4,6,11H,5,7H2,1-2H3,(H,16,18)/t11-/m0/s1. The Hall–Kier alpha value is -2.60. The molecule has 1 aromatic heterocycles. The van der Waals surface area contributed by atoms with E-state index in [2.05, 4.69) is 25.1 Å². The fourth-order valence-corrected chi connectivity index (χ4v) is 1.57. The Bertz CT molecular complexity index is 522. The number of rotatable bonds is 6. The molecular weight excluding hydrogens is 262 g/mol. The maximum atomic E-state index is 11.5. The number of aromatic nitrogens is 1. The minimum Gasteiger partial charge on any atom is -0.467 e. The Morgan fingerprint density at radius 2 is 2.30 bits per heavy atom. The van der Waals surface area contributed by atoms with Gasteiger partial charge in [0.1, 0.15) is 6.04 Å². The lowest BCUT2D eigenvalue weighted by Gasteiger charge is -2.14. The van der Waals surface area contributed by atoms with Crippen molar-refractivity contribution in [1.29, 1.82) is 0 Å². The molecule has 106 valence electrons. The van der Waals surface area contributed by atoms with Crippen molar-refractivity contribution < 1.29 is 14.3 Å². The number of nitrogens with one attached hydrogen (secondary N) is 1. The van der Waals surface area contributed by atoms with E-state index in [9.17, 15) is 9.59 Å². The number of pyridine rings is 1. The molecule has 0 saturated heterocycles. The molecule has 1 heterocycles. The number of ether oxygens (including phenoxy) is 1. The highest BCUT2D eigenvalue weighted by Crippen LogP contribution is 2.06. The summed E-state index contributed by atoms with van der Waals surface area (Å²) >= 11 is 0. The molecule has 8 heteroatoms. The molecule has 0 fully saturated rings. The molecule has 0 radical (unpaired) electrons. The molecule has 0 saturated carbocycles. The number of azide groups is 1. The van der Waals surface area contributed by atoms with E-state index in [1.807, 2.05) is 0 Å². The van der Waals surface area contributed by atoms with Crippen LogP contribution in [0, 0.1) is 0 Å². The van der Waals surface area contributed by atoms with Crippen molar-refractivity contribution in [2.45, 2.75) is 25.9 Å². The van der Waals surface area contributed by atoms with Crippen molar-refractivity contribution in [3.8, 4) is 0 Å². The van der Waals surface area contributed by atoms with Crippen molar-refractivity contribution in [3.63, 3.8) is 0 Å². The first-order valence-electron chi connectivity index (χ1n) is 5.86. The van der Waals surface area contributed by atoms with E-state index < -0.39 is 12.0 Å². The molecule has 1 aromatic rings. The van der Waals surface area contributed by atoms with Crippen molar-refractivity contribution in [1.82, 2.24) is 10.3 Å². The van der Waals surface area contributed by atoms with E-state index >= 15 is 0 Å². The summed E-state index contributed by atoms with van der Waals surface area (Å²) in [5.74, 6) is -0.847. The third kappa shape index (κ3) is 4.95. The smallest absolute Gasteiger partial charge is 0.328 e. The van der Waals surface area contributed by atoms with Crippen LogP contribution in [0.2, 0.25) is 0 Å². The Labute approximate surface area is 115 Å². The first kappa shape index (κ1) is 15.5. The Balaban J connectivity index is 2.75. The molecule has 0 spiro atoms.